The first kappa shape index (κ1) is 20.1. The summed E-state index contributed by atoms with van der Waals surface area (Å²) in [7, 11) is 0. The lowest BCUT2D eigenvalue weighted by Crippen LogP contribution is -2.08. The van der Waals surface area contributed by atoms with Crippen molar-refractivity contribution in [2.45, 2.75) is 19.0 Å². The highest BCUT2D eigenvalue weighted by atomic mass is 32.1. The Morgan fingerprint density at radius 3 is 2.47 bits per heavy atom. The number of rotatable bonds is 6. The van der Waals surface area contributed by atoms with Crippen LogP contribution in [0.3, 0.4) is 0 Å². The number of aromatic nitrogens is 2. The van der Waals surface area contributed by atoms with E-state index in [0.29, 0.717) is 24.2 Å². The van der Waals surface area contributed by atoms with Crippen LogP contribution in [-0.4, -0.2) is 9.97 Å². The first-order chi connectivity index (χ1) is 14.5. The van der Waals surface area contributed by atoms with Gasteiger partial charge in [-0.25, -0.2) is 4.98 Å². The van der Waals surface area contributed by atoms with Crippen LogP contribution in [0.1, 0.15) is 17.0 Å². The fourth-order valence-electron chi connectivity index (χ4n) is 2.93. The number of nitrogens with zero attached hydrogens (tertiary/aromatic N) is 2. The molecule has 0 fully saturated rings. The predicted molar refractivity (Wildman–Crippen MR) is 111 cm³/mol. The summed E-state index contributed by atoms with van der Waals surface area (Å²) in [5.74, 6) is 1.47. The summed E-state index contributed by atoms with van der Waals surface area (Å²) in [5.41, 5.74) is 1.50. The maximum Gasteiger partial charge on any atom is 0.433 e. The number of pyridine rings is 1. The Morgan fingerprint density at radius 2 is 1.67 bits per heavy atom. The third kappa shape index (κ3) is 5.04. The average molecular weight is 426 g/mol. The topological polar surface area (TPSA) is 35.0 Å². The van der Waals surface area contributed by atoms with Gasteiger partial charge in [-0.15, -0.1) is 11.3 Å². The van der Waals surface area contributed by atoms with Crippen molar-refractivity contribution in [1.29, 1.82) is 0 Å². The lowest BCUT2D eigenvalue weighted by Gasteiger charge is -2.07. The molecule has 0 spiro atoms. The molecule has 4 rings (SSSR count). The first-order valence-corrected chi connectivity index (χ1v) is 10.2. The highest BCUT2D eigenvalue weighted by molar-refractivity contribution is 7.13. The van der Waals surface area contributed by atoms with Crippen molar-refractivity contribution in [3.8, 4) is 22.1 Å². The van der Waals surface area contributed by atoms with Crippen LogP contribution in [0.25, 0.3) is 10.6 Å². The summed E-state index contributed by atoms with van der Waals surface area (Å²) in [6.45, 7) is 0. The molecule has 0 aliphatic heterocycles. The van der Waals surface area contributed by atoms with Crippen LogP contribution in [0, 0.1) is 0 Å². The van der Waals surface area contributed by atoms with Gasteiger partial charge in [0, 0.05) is 17.1 Å². The fourth-order valence-corrected chi connectivity index (χ4v) is 3.78. The second-order valence-electron chi connectivity index (χ2n) is 6.63. The van der Waals surface area contributed by atoms with Crippen LogP contribution in [0.2, 0.25) is 0 Å². The summed E-state index contributed by atoms with van der Waals surface area (Å²) in [6, 6.07) is 19.9. The molecule has 0 aliphatic carbocycles. The van der Waals surface area contributed by atoms with Crippen molar-refractivity contribution >= 4 is 11.3 Å². The molecule has 152 valence electrons. The number of thiazole rings is 1. The standard InChI is InChI=1S/C23H17F3N2OS/c24-23(25,26)21-13-16(11-12-27-21)9-10-18-15-30-22(28-18)17-5-4-8-20(14-17)29-19-6-2-1-3-7-19/h1-8,11-15H,9-10H2. The van der Waals surface area contributed by atoms with E-state index in [4.69, 9.17) is 4.74 Å². The van der Waals surface area contributed by atoms with Gasteiger partial charge in [0.2, 0.25) is 0 Å². The van der Waals surface area contributed by atoms with Crippen LogP contribution in [0.4, 0.5) is 13.2 Å². The van der Waals surface area contributed by atoms with E-state index in [9.17, 15) is 13.2 Å². The van der Waals surface area contributed by atoms with E-state index in [0.717, 1.165) is 28.1 Å². The van der Waals surface area contributed by atoms with E-state index in [1.807, 2.05) is 60.0 Å². The van der Waals surface area contributed by atoms with Gasteiger partial charge in [-0.2, -0.15) is 13.2 Å². The minimum Gasteiger partial charge on any atom is -0.457 e. The highest BCUT2D eigenvalue weighted by Gasteiger charge is 2.32. The van der Waals surface area contributed by atoms with E-state index < -0.39 is 11.9 Å². The van der Waals surface area contributed by atoms with Crippen molar-refractivity contribution in [1.82, 2.24) is 9.97 Å². The number of benzene rings is 2. The Balaban J connectivity index is 1.44. The molecule has 0 atom stereocenters. The number of para-hydroxylation sites is 1. The van der Waals surface area contributed by atoms with Crippen molar-refractivity contribution in [2.24, 2.45) is 0 Å². The Bertz CT molecular complexity index is 1130. The number of hydrogen-bond donors (Lipinski definition) is 0. The van der Waals surface area contributed by atoms with Gasteiger partial charge in [-0.05, 0) is 54.8 Å². The summed E-state index contributed by atoms with van der Waals surface area (Å²) in [5, 5.41) is 2.78. The largest absolute Gasteiger partial charge is 0.457 e. The zero-order valence-corrected chi connectivity index (χ0v) is 16.6. The maximum absolute atomic E-state index is 12.8. The molecule has 4 aromatic rings. The van der Waals surface area contributed by atoms with Crippen LogP contribution >= 0.6 is 11.3 Å². The van der Waals surface area contributed by atoms with E-state index >= 15 is 0 Å². The van der Waals surface area contributed by atoms with Gasteiger partial charge in [0.15, 0.2) is 0 Å². The minimum atomic E-state index is -4.43. The quantitative estimate of drug-likeness (QED) is 0.340. The Labute approximate surface area is 175 Å². The smallest absolute Gasteiger partial charge is 0.433 e. The Morgan fingerprint density at radius 1 is 0.867 bits per heavy atom. The van der Waals surface area contributed by atoms with Gasteiger partial charge in [0.1, 0.15) is 22.2 Å². The molecule has 0 amide bonds. The lowest BCUT2D eigenvalue weighted by atomic mass is 10.1. The second-order valence-corrected chi connectivity index (χ2v) is 7.49. The molecule has 2 aromatic heterocycles. The zero-order valence-electron chi connectivity index (χ0n) is 15.8. The number of halogens is 3. The molecule has 0 bridgehead atoms. The van der Waals surface area contributed by atoms with E-state index in [2.05, 4.69) is 9.97 Å². The molecular weight excluding hydrogens is 409 g/mol. The number of aryl methyl sites for hydroxylation is 2. The predicted octanol–water partition coefficient (Wildman–Crippen LogP) is 6.80. The molecular formula is C23H17F3N2OS. The Kier molecular flexibility index (Phi) is 5.81. The molecule has 3 nitrogen and oxygen atoms in total. The molecule has 0 N–H and O–H groups in total. The average Bonchev–Trinajstić information content (AvgIpc) is 3.22. The molecule has 0 saturated heterocycles. The van der Waals surface area contributed by atoms with Crippen LogP contribution < -0.4 is 4.74 Å². The first-order valence-electron chi connectivity index (χ1n) is 9.27. The van der Waals surface area contributed by atoms with E-state index in [1.54, 1.807) is 6.07 Å². The normalized spacial score (nSPS) is 11.4. The van der Waals surface area contributed by atoms with Gasteiger partial charge in [-0.3, -0.25) is 4.98 Å². The summed E-state index contributed by atoms with van der Waals surface area (Å²) in [6.07, 6.45) is -2.22. The third-order valence-electron chi connectivity index (χ3n) is 4.40. The number of ether oxygens (including phenoxy) is 1. The van der Waals surface area contributed by atoms with E-state index in [1.165, 1.54) is 17.5 Å². The number of alkyl halides is 3. The molecule has 2 aromatic carbocycles. The van der Waals surface area contributed by atoms with Gasteiger partial charge < -0.3 is 4.74 Å². The lowest BCUT2D eigenvalue weighted by molar-refractivity contribution is -0.141. The minimum absolute atomic E-state index is 0.464. The maximum atomic E-state index is 12.8. The van der Waals surface area contributed by atoms with Crippen molar-refractivity contribution < 1.29 is 17.9 Å². The molecule has 0 unspecified atom stereocenters. The summed E-state index contributed by atoms with van der Waals surface area (Å²) in [4.78, 5) is 8.04. The molecule has 7 heteroatoms. The van der Waals surface area contributed by atoms with Gasteiger partial charge >= 0.3 is 6.18 Å². The van der Waals surface area contributed by atoms with Gasteiger partial charge in [0.25, 0.3) is 0 Å². The second kappa shape index (κ2) is 8.67. The van der Waals surface area contributed by atoms with Crippen molar-refractivity contribution in [3.63, 3.8) is 0 Å². The molecule has 2 heterocycles. The van der Waals surface area contributed by atoms with Crippen molar-refractivity contribution in [2.75, 3.05) is 0 Å². The van der Waals surface area contributed by atoms with Crippen LogP contribution in [-0.2, 0) is 19.0 Å². The van der Waals surface area contributed by atoms with Gasteiger partial charge in [-0.1, -0.05) is 30.3 Å². The third-order valence-corrected chi connectivity index (χ3v) is 5.34. The Hall–Kier alpha value is -3.19. The van der Waals surface area contributed by atoms with Crippen LogP contribution in [0.15, 0.2) is 78.3 Å². The monoisotopic (exact) mass is 426 g/mol. The zero-order chi connectivity index (χ0) is 21.0. The number of hydrogen-bond acceptors (Lipinski definition) is 4. The van der Waals surface area contributed by atoms with Crippen LogP contribution in [0.5, 0.6) is 11.5 Å². The molecule has 0 saturated carbocycles. The summed E-state index contributed by atoms with van der Waals surface area (Å²) >= 11 is 1.50. The molecule has 0 aliphatic rings. The van der Waals surface area contributed by atoms with Gasteiger partial charge in [0.05, 0.1) is 5.69 Å². The fraction of sp³-hybridized carbons (Fsp3) is 0.130. The van der Waals surface area contributed by atoms with Crippen molar-refractivity contribution in [3.05, 3.63) is 95.3 Å². The molecule has 0 radical (unpaired) electrons. The summed E-state index contributed by atoms with van der Waals surface area (Å²) < 4.78 is 44.3. The molecule has 30 heavy (non-hydrogen) atoms. The SMILES string of the molecule is FC(F)(F)c1cc(CCc2csc(-c3cccc(Oc4ccccc4)c3)n2)ccn1. The van der Waals surface area contributed by atoms with E-state index in [-0.39, 0.29) is 0 Å². The highest BCUT2D eigenvalue weighted by Crippen LogP contribution is 2.30.